The van der Waals surface area contributed by atoms with Crippen LogP contribution in [0.1, 0.15) is 61.3 Å². The standard InChI is InChI=1S/C23H28N4OS2/c1-15-8-7-11-21(12-15)27(18(4)28)23-25-19(14-30-23)13-29-22-24-16(2)17(3)26(22)20-9-5-6-10-20/h7-8,11-12,14,20H,5-6,9-10,13H2,1-4H3. The fourth-order valence-corrected chi connectivity index (χ4v) is 6.13. The Morgan fingerprint density at radius 2 is 2.00 bits per heavy atom. The molecule has 1 aliphatic rings. The van der Waals surface area contributed by atoms with Crippen molar-refractivity contribution >= 4 is 39.8 Å². The molecule has 1 saturated carbocycles. The predicted octanol–water partition coefficient (Wildman–Crippen LogP) is 6.36. The second kappa shape index (κ2) is 8.94. The molecular weight excluding hydrogens is 412 g/mol. The van der Waals surface area contributed by atoms with Crippen LogP contribution in [0.4, 0.5) is 10.8 Å². The minimum Gasteiger partial charge on any atom is -0.320 e. The monoisotopic (exact) mass is 440 g/mol. The van der Waals surface area contributed by atoms with Crippen molar-refractivity contribution in [3.8, 4) is 0 Å². The zero-order chi connectivity index (χ0) is 21.3. The molecule has 30 heavy (non-hydrogen) atoms. The van der Waals surface area contributed by atoms with Crippen LogP contribution >= 0.6 is 23.1 Å². The molecule has 0 N–H and O–H groups in total. The van der Waals surface area contributed by atoms with Crippen molar-refractivity contribution in [2.24, 2.45) is 0 Å². The zero-order valence-electron chi connectivity index (χ0n) is 18.0. The Hall–Kier alpha value is -2.12. The maximum absolute atomic E-state index is 12.4. The number of nitrogens with zero attached hydrogens (tertiary/aromatic N) is 4. The number of imidazole rings is 1. The summed E-state index contributed by atoms with van der Waals surface area (Å²) in [7, 11) is 0. The summed E-state index contributed by atoms with van der Waals surface area (Å²) < 4.78 is 2.44. The number of benzene rings is 1. The number of carbonyl (C=O) groups excluding carboxylic acids is 1. The minimum absolute atomic E-state index is 0.0304. The summed E-state index contributed by atoms with van der Waals surface area (Å²) in [6.45, 7) is 7.89. The number of carbonyl (C=O) groups is 1. The smallest absolute Gasteiger partial charge is 0.230 e. The highest BCUT2D eigenvalue weighted by Crippen LogP contribution is 2.37. The Balaban J connectivity index is 1.53. The molecule has 0 aliphatic heterocycles. The summed E-state index contributed by atoms with van der Waals surface area (Å²) >= 11 is 3.26. The Kier molecular flexibility index (Phi) is 6.29. The first-order valence-corrected chi connectivity index (χ1v) is 12.3. The van der Waals surface area contributed by atoms with Gasteiger partial charge in [0.2, 0.25) is 5.91 Å². The van der Waals surface area contributed by atoms with E-state index in [9.17, 15) is 4.79 Å². The average Bonchev–Trinajstić information content (AvgIpc) is 3.43. The highest BCUT2D eigenvalue weighted by molar-refractivity contribution is 7.98. The lowest BCUT2D eigenvalue weighted by Gasteiger charge is -2.18. The Labute approximate surface area is 186 Å². The number of rotatable bonds is 6. The van der Waals surface area contributed by atoms with E-state index >= 15 is 0 Å². The molecule has 1 fully saturated rings. The summed E-state index contributed by atoms with van der Waals surface area (Å²) in [5.74, 6) is 0.718. The van der Waals surface area contributed by atoms with Crippen LogP contribution in [0, 0.1) is 20.8 Å². The van der Waals surface area contributed by atoms with Crippen LogP contribution in [0.25, 0.3) is 0 Å². The topological polar surface area (TPSA) is 51.0 Å². The van der Waals surface area contributed by atoms with E-state index in [1.165, 1.54) is 42.7 Å². The molecule has 0 bridgehead atoms. The number of hydrogen-bond donors (Lipinski definition) is 0. The van der Waals surface area contributed by atoms with Crippen molar-refractivity contribution in [2.45, 2.75) is 70.3 Å². The first-order valence-electron chi connectivity index (χ1n) is 10.4. The minimum atomic E-state index is -0.0304. The molecule has 158 valence electrons. The molecule has 4 rings (SSSR count). The molecular formula is C23H28N4OS2. The maximum atomic E-state index is 12.4. The van der Waals surface area contributed by atoms with E-state index in [-0.39, 0.29) is 5.91 Å². The number of anilines is 2. The molecule has 0 saturated heterocycles. The second-order valence-electron chi connectivity index (χ2n) is 7.98. The molecule has 0 atom stereocenters. The number of amides is 1. The predicted molar refractivity (Wildman–Crippen MR) is 125 cm³/mol. The van der Waals surface area contributed by atoms with Crippen molar-refractivity contribution in [3.63, 3.8) is 0 Å². The molecule has 5 nitrogen and oxygen atoms in total. The molecule has 1 aliphatic carbocycles. The number of thioether (sulfide) groups is 1. The van der Waals surface area contributed by atoms with E-state index in [4.69, 9.17) is 9.97 Å². The van der Waals surface area contributed by atoms with Crippen molar-refractivity contribution in [1.29, 1.82) is 0 Å². The van der Waals surface area contributed by atoms with Crippen LogP contribution in [-0.2, 0) is 10.5 Å². The third kappa shape index (κ3) is 4.32. The van der Waals surface area contributed by atoms with Crippen LogP contribution in [0.3, 0.4) is 0 Å². The van der Waals surface area contributed by atoms with Crippen molar-refractivity contribution in [2.75, 3.05) is 4.90 Å². The van der Waals surface area contributed by atoms with Crippen LogP contribution in [0.5, 0.6) is 0 Å². The Morgan fingerprint density at radius 1 is 1.23 bits per heavy atom. The number of aryl methyl sites for hydroxylation is 2. The number of aromatic nitrogens is 3. The summed E-state index contributed by atoms with van der Waals surface area (Å²) in [6.07, 6.45) is 5.10. The lowest BCUT2D eigenvalue weighted by atomic mass is 10.2. The highest BCUT2D eigenvalue weighted by Gasteiger charge is 2.24. The van der Waals surface area contributed by atoms with Crippen molar-refractivity contribution < 1.29 is 4.79 Å². The fourth-order valence-electron chi connectivity index (χ4n) is 4.09. The summed E-state index contributed by atoms with van der Waals surface area (Å²) in [5.41, 5.74) is 5.36. The van der Waals surface area contributed by atoms with Crippen molar-refractivity contribution in [3.05, 3.63) is 52.3 Å². The third-order valence-electron chi connectivity index (χ3n) is 5.70. The first-order chi connectivity index (χ1) is 14.4. The van der Waals surface area contributed by atoms with Gasteiger partial charge >= 0.3 is 0 Å². The largest absolute Gasteiger partial charge is 0.320 e. The Bertz CT molecular complexity index is 1050. The SMILES string of the molecule is CC(=O)N(c1cccc(C)c1)c1nc(CSc2nc(C)c(C)n2C2CCCC2)cs1. The van der Waals surface area contributed by atoms with E-state index in [1.54, 1.807) is 23.6 Å². The van der Waals surface area contributed by atoms with Gasteiger partial charge in [-0.05, 0) is 51.3 Å². The van der Waals surface area contributed by atoms with E-state index in [2.05, 4.69) is 23.8 Å². The van der Waals surface area contributed by atoms with Gasteiger partial charge in [0.25, 0.3) is 0 Å². The zero-order valence-corrected chi connectivity index (χ0v) is 19.6. The van der Waals surface area contributed by atoms with Gasteiger partial charge in [-0.3, -0.25) is 9.69 Å². The van der Waals surface area contributed by atoms with Crippen molar-refractivity contribution in [1.82, 2.24) is 14.5 Å². The van der Waals surface area contributed by atoms with Crippen LogP contribution in [0.15, 0.2) is 34.8 Å². The summed E-state index contributed by atoms with van der Waals surface area (Å²) in [4.78, 5) is 23.7. The molecule has 3 aromatic rings. The van der Waals surface area contributed by atoms with Gasteiger partial charge in [-0.25, -0.2) is 9.97 Å². The number of hydrogen-bond acceptors (Lipinski definition) is 5. The lowest BCUT2D eigenvalue weighted by Crippen LogP contribution is -2.22. The number of thiazole rings is 1. The average molecular weight is 441 g/mol. The molecule has 1 amide bonds. The molecule has 2 heterocycles. The molecule has 2 aromatic heterocycles. The lowest BCUT2D eigenvalue weighted by molar-refractivity contribution is -0.115. The molecule has 0 radical (unpaired) electrons. The van der Waals surface area contributed by atoms with E-state index < -0.39 is 0 Å². The quantitative estimate of drug-likeness (QED) is 0.419. The van der Waals surface area contributed by atoms with E-state index in [0.29, 0.717) is 6.04 Å². The Morgan fingerprint density at radius 3 is 2.70 bits per heavy atom. The van der Waals surface area contributed by atoms with Gasteiger partial charge in [0, 0.05) is 29.8 Å². The van der Waals surface area contributed by atoms with E-state index in [0.717, 1.165) is 38.7 Å². The molecule has 0 unspecified atom stereocenters. The van der Waals surface area contributed by atoms with E-state index in [1.807, 2.05) is 31.2 Å². The first kappa shape index (κ1) is 21.1. The van der Waals surface area contributed by atoms with Crippen LogP contribution < -0.4 is 4.90 Å². The van der Waals surface area contributed by atoms with Gasteiger partial charge in [-0.15, -0.1) is 11.3 Å². The summed E-state index contributed by atoms with van der Waals surface area (Å²) in [6, 6.07) is 8.55. The summed E-state index contributed by atoms with van der Waals surface area (Å²) in [5, 5.41) is 3.86. The van der Waals surface area contributed by atoms with Gasteiger partial charge < -0.3 is 4.57 Å². The highest BCUT2D eigenvalue weighted by atomic mass is 32.2. The van der Waals surface area contributed by atoms with Crippen LogP contribution in [0.2, 0.25) is 0 Å². The maximum Gasteiger partial charge on any atom is 0.230 e. The van der Waals surface area contributed by atoms with Gasteiger partial charge in [-0.1, -0.05) is 36.7 Å². The van der Waals surface area contributed by atoms with Gasteiger partial charge in [0.15, 0.2) is 10.3 Å². The fraction of sp³-hybridized carbons (Fsp3) is 0.435. The molecule has 7 heteroatoms. The van der Waals surface area contributed by atoms with Gasteiger partial charge in [0.1, 0.15) is 0 Å². The van der Waals surface area contributed by atoms with Gasteiger partial charge in [0.05, 0.1) is 17.1 Å². The molecule has 1 aromatic carbocycles. The van der Waals surface area contributed by atoms with Gasteiger partial charge in [-0.2, -0.15) is 0 Å². The third-order valence-corrected chi connectivity index (χ3v) is 7.56. The molecule has 0 spiro atoms. The van der Waals surface area contributed by atoms with Crippen LogP contribution in [-0.4, -0.2) is 20.4 Å². The normalized spacial score (nSPS) is 14.4. The second-order valence-corrected chi connectivity index (χ2v) is 9.76.